The first-order valence-corrected chi connectivity index (χ1v) is 9.45. The molecule has 0 radical (unpaired) electrons. The molecule has 0 amide bonds. The Morgan fingerprint density at radius 3 is 2.39 bits per heavy atom. The van der Waals surface area contributed by atoms with Gasteiger partial charge in [-0.25, -0.2) is 4.98 Å². The smallest absolute Gasteiger partial charge is 0.227 e. The third-order valence-electron chi connectivity index (χ3n) is 4.84. The third kappa shape index (κ3) is 3.86. The van der Waals surface area contributed by atoms with Gasteiger partial charge in [0.1, 0.15) is 17.3 Å². The summed E-state index contributed by atoms with van der Waals surface area (Å²) in [5, 5.41) is 3.39. The van der Waals surface area contributed by atoms with Gasteiger partial charge in [0.25, 0.3) is 0 Å². The molecule has 1 N–H and O–H groups in total. The molecule has 2 heterocycles. The van der Waals surface area contributed by atoms with Gasteiger partial charge in [0.15, 0.2) is 0 Å². The van der Waals surface area contributed by atoms with Crippen molar-refractivity contribution >= 4 is 17.5 Å². The van der Waals surface area contributed by atoms with Crippen LogP contribution in [0, 0.1) is 0 Å². The van der Waals surface area contributed by atoms with Gasteiger partial charge in [-0.05, 0) is 25.0 Å². The Hall–Kier alpha value is -3.28. The number of aromatic nitrogens is 2. The number of methoxy groups -OCH3 is 2. The zero-order chi connectivity index (χ0) is 19.3. The molecule has 1 saturated heterocycles. The highest BCUT2D eigenvalue weighted by Crippen LogP contribution is 2.33. The van der Waals surface area contributed by atoms with Crippen LogP contribution in [0.2, 0.25) is 0 Å². The minimum Gasteiger partial charge on any atom is -0.497 e. The molecule has 0 unspecified atom stereocenters. The van der Waals surface area contributed by atoms with Gasteiger partial charge in [-0.1, -0.05) is 30.3 Å². The summed E-state index contributed by atoms with van der Waals surface area (Å²) in [6, 6.07) is 17.8. The van der Waals surface area contributed by atoms with Gasteiger partial charge in [0.05, 0.1) is 25.6 Å². The zero-order valence-electron chi connectivity index (χ0n) is 16.2. The maximum atomic E-state index is 5.49. The summed E-state index contributed by atoms with van der Waals surface area (Å²) in [5.74, 6) is 2.95. The molecule has 6 nitrogen and oxygen atoms in total. The summed E-state index contributed by atoms with van der Waals surface area (Å²) in [5.41, 5.74) is 2.75. The van der Waals surface area contributed by atoms with Crippen LogP contribution < -0.4 is 19.7 Å². The Kier molecular flexibility index (Phi) is 5.28. The van der Waals surface area contributed by atoms with Gasteiger partial charge in [-0.2, -0.15) is 4.98 Å². The number of rotatable bonds is 6. The van der Waals surface area contributed by atoms with E-state index in [0.29, 0.717) is 0 Å². The second-order valence-corrected chi connectivity index (χ2v) is 6.69. The van der Waals surface area contributed by atoms with Crippen LogP contribution in [0.3, 0.4) is 0 Å². The van der Waals surface area contributed by atoms with Crippen LogP contribution in [0.25, 0.3) is 11.3 Å². The molecule has 2 aromatic carbocycles. The van der Waals surface area contributed by atoms with Gasteiger partial charge in [0, 0.05) is 30.8 Å². The van der Waals surface area contributed by atoms with Crippen LogP contribution in [-0.2, 0) is 0 Å². The number of nitrogens with one attached hydrogen (secondary N) is 1. The van der Waals surface area contributed by atoms with E-state index in [9.17, 15) is 0 Å². The lowest BCUT2D eigenvalue weighted by Gasteiger charge is -2.18. The average molecular weight is 376 g/mol. The summed E-state index contributed by atoms with van der Waals surface area (Å²) >= 11 is 0. The molecule has 1 aromatic heterocycles. The number of nitrogens with zero attached hydrogens (tertiary/aromatic N) is 3. The van der Waals surface area contributed by atoms with Crippen LogP contribution in [0.15, 0.2) is 54.6 Å². The van der Waals surface area contributed by atoms with Gasteiger partial charge in [0.2, 0.25) is 5.95 Å². The van der Waals surface area contributed by atoms with E-state index in [1.54, 1.807) is 14.2 Å². The highest BCUT2D eigenvalue weighted by molar-refractivity contribution is 5.71. The summed E-state index contributed by atoms with van der Waals surface area (Å²) in [7, 11) is 3.30. The monoisotopic (exact) mass is 376 g/mol. The van der Waals surface area contributed by atoms with Crippen molar-refractivity contribution in [1.29, 1.82) is 0 Å². The number of anilines is 3. The van der Waals surface area contributed by atoms with E-state index in [4.69, 9.17) is 19.4 Å². The van der Waals surface area contributed by atoms with Crippen LogP contribution in [0.1, 0.15) is 12.8 Å². The normalized spacial score (nSPS) is 13.4. The fourth-order valence-corrected chi connectivity index (χ4v) is 3.36. The largest absolute Gasteiger partial charge is 0.497 e. The molecule has 1 aliphatic heterocycles. The predicted molar refractivity (Wildman–Crippen MR) is 112 cm³/mol. The minimum absolute atomic E-state index is 0.724. The van der Waals surface area contributed by atoms with E-state index in [0.717, 1.165) is 53.3 Å². The summed E-state index contributed by atoms with van der Waals surface area (Å²) in [6.45, 7) is 1.97. The van der Waals surface area contributed by atoms with Crippen LogP contribution in [0.5, 0.6) is 11.5 Å². The predicted octanol–water partition coefficient (Wildman–Crippen LogP) is 4.50. The molecule has 0 aliphatic carbocycles. The van der Waals surface area contributed by atoms with E-state index < -0.39 is 0 Å². The fourth-order valence-electron chi connectivity index (χ4n) is 3.36. The summed E-state index contributed by atoms with van der Waals surface area (Å²) in [4.78, 5) is 11.8. The number of ether oxygens (including phenoxy) is 2. The Bertz CT molecular complexity index is 941. The van der Waals surface area contributed by atoms with Crippen molar-refractivity contribution in [3.05, 3.63) is 54.6 Å². The standard InChI is InChI=1S/C22H24N4O2/c1-27-17-10-11-20(28-2)19(14-17)23-21-15-18(16-8-4-3-5-9-16)24-22(25-21)26-12-6-7-13-26/h3-5,8-11,14-15H,6-7,12-13H2,1-2H3,(H,23,24,25). The van der Waals surface area contributed by atoms with Crippen molar-refractivity contribution in [2.45, 2.75) is 12.8 Å². The van der Waals surface area contributed by atoms with E-state index in [1.165, 1.54) is 12.8 Å². The average Bonchev–Trinajstić information content (AvgIpc) is 3.29. The lowest BCUT2D eigenvalue weighted by atomic mass is 10.1. The van der Waals surface area contributed by atoms with E-state index in [1.807, 2.05) is 42.5 Å². The Morgan fingerprint density at radius 1 is 0.893 bits per heavy atom. The second kappa shape index (κ2) is 8.17. The Balaban J connectivity index is 1.75. The number of hydrogen-bond donors (Lipinski definition) is 1. The van der Waals surface area contributed by atoms with Crippen molar-refractivity contribution in [2.24, 2.45) is 0 Å². The quantitative estimate of drug-likeness (QED) is 0.683. The first-order valence-electron chi connectivity index (χ1n) is 9.45. The van der Waals surface area contributed by atoms with Crippen molar-refractivity contribution in [1.82, 2.24) is 9.97 Å². The lowest BCUT2D eigenvalue weighted by Crippen LogP contribution is -2.21. The molecule has 28 heavy (non-hydrogen) atoms. The molecule has 4 rings (SSSR count). The SMILES string of the molecule is COc1ccc(OC)c(Nc2cc(-c3ccccc3)nc(N3CCCC3)n2)c1. The van der Waals surface area contributed by atoms with Gasteiger partial charge in [-0.3, -0.25) is 0 Å². The summed E-state index contributed by atoms with van der Waals surface area (Å²) in [6.07, 6.45) is 2.34. The van der Waals surface area contributed by atoms with E-state index in [-0.39, 0.29) is 0 Å². The van der Waals surface area contributed by atoms with Crippen molar-refractivity contribution in [3.63, 3.8) is 0 Å². The van der Waals surface area contributed by atoms with Crippen molar-refractivity contribution in [2.75, 3.05) is 37.5 Å². The summed E-state index contributed by atoms with van der Waals surface area (Å²) < 4.78 is 10.8. The lowest BCUT2D eigenvalue weighted by molar-refractivity contribution is 0.405. The molecule has 0 atom stereocenters. The molecular formula is C22H24N4O2. The molecule has 144 valence electrons. The topological polar surface area (TPSA) is 59.5 Å². The minimum atomic E-state index is 0.724. The van der Waals surface area contributed by atoms with Gasteiger partial charge < -0.3 is 19.7 Å². The van der Waals surface area contributed by atoms with Crippen molar-refractivity contribution in [3.8, 4) is 22.8 Å². The van der Waals surface area contributed by atoms with Crippen LogP contribution in [-0.4, -0.2) is 37.3 Å². The van der Waals surface area contributed by atoms with E-state index >= 15 is 0 Å². The highest BCUT2D eigenvalue weighted by Gasteiger charge is 2.18. The van der Waals surface area contributed by atoms with Gasteiger partial charge >= 0.3 is 0 Å². The van der Waals surface area contributed by atoms with Crippen LogP contribution in [0.4, 0.5) is 17.5 Å². The molecule has 6 heteroatoms. The molecule has 3 aromatic rings. The first-order chi connectivity index (χ1) is 13.8. The second-order valence-electron chi connectivity index (χ2n) is 6.69. The molecular weight excluding hydrogens is 352 g/mol. The van der Waals surface area contributed by atoms with E-state index in [2.05, 4.69) is 22.3 Å². The maximum absolute atomic E-state index is 5.49. The Morgan fingerprint density at radius 2 is 1.68 bits per heavy atom. The third-order valence-corrected chi connectivity index (χ3v) is 4.84. The van der Waals surface area contributed by atoms with Gasteiger partial charge in [-0.15, -0.1) is 0 Å². The molecule has 0 bridgehead atoms. The van der Waals surface area contributed by atoms with Crippen molar-refractivity contribution < 1.29 is 9.47 Å². The highest BCUT2D eigenvalue weighted by atomic mass is 16.5. The zero-order valence-corrected chi connectivity index (χ0v) is 16.2. The van der Waals surface area contributed by atoms with Crippen LogP contribution >= 0.6 is 0 Å². The maximum Gasteiger partial charge on any atom is 0.227 e. The fraction of sp³-hybridized carbons (Fsp3) is 0.273. The molecule has 1 fully saturated rings. The Labute approximate surface area is 165 Å². The molecule has 0 spiro atoms. The molecule has 1 aliphatic rings. The first kappa shape index (κ1) is 18.1. The molecule has 0 saturated carbocycles. The number of benzene rings is 2. The number of hydrogen-bond acceptors (Lipinski definition) is 6.